The number of anilines is 1. The summed E-state index contributed by atoms with van der Waals surface area (Å²) in [5.41, 5.74) is 4.16. The summed E-state index contributed by atoms with van der Waals surface area (Å²) in [5.74, 6) is 0.277. The zero-order valence-electron chi connectivity index (χ0n) is 23.0. The predicted molar refractivity (Wildman–Crippen MR) is 162 cm³/mol. The highest BCUT2D eigenvalue weighted by atomic mass is 32.1. The lowest BCUT2D eigenvalue weighted by Crippen LogP contribution is -2.46. The molecular formula is C32H31N5O3S. The van der Waals surface area contributed by atoms with Gasteiger partial charge in [0.05, 0.1) is 23.6 Å². The fourth-order valence-electron chi connectivity index (χ4n) is 5.07. The van der Waals surface area contributed by atoms with Crippen LogP contribution in [0.4, 0.5) is 5.69 Å². The maximum atomic E-state index is 13.6. The molecule has 1 fully saturated rings. The lowest BCUT2D eigenvalue weighted by Gasteiger charge is -2.35. The van der Waals surface area contributed by atoms with Crippen molar-refractivity contribution in [2.45, 2.75) is 26.1 Å². The molecule has 1 saturated heterocycles. The Hall–Kier alpha value is -4.18. The van der Waals surface area contributed by atoms with Crippen LogP contribution >= 0.6 is 11.3 Å². The average Bonchev–Trinajstić information content (AvgIpc) is 3.41. The monoisotopic (exact) mass is 565 g/mol. The van der Waals surface area contributed by atoms with Gasteiger partial charge in [-0.2, -0.15) is 0 Å². The maximum absolute atomic E-state index is 13.6. The summed E-state index contributed by atoms with van der Waals surface area (Å²) in [5, 5.41) is 3.85. The van der Waals surface area contributed by atoms with Crippen LogP contribution in [0.5, 0.6) is 5.75 Å². The highest BCUT2D eigenvalue weighted by molar-refractivity contribution is 7.21. The van der Waals surface area contributed by atoms with Gasteiger partial charge in [0.15, 0.2) is 0 Å². The largest absolute Gasteiger partial charge is 0.492 e. The summed E-state index contributed by atoms with van der Waals surface area (Å²) in [6, 6.07) is 24.8. The van der Waals surface area contributed by atoms with Gasteiger partial charge in [-0.1, -0.05) is 53.8 Å². The van der Waals surface area contributed by atoms with E-state index in [4.69, 9.17) is 19.4 Å². The van der Waals surface area contributed by atoms with Crippen molar-refractivity contribution in [3.8, 4) is 27.6 Å². The van der Waals surface area contributed by atoms with Crippen molar-refractivity contribution >= 4 is 33.3 Å². The van der Waals surface area contributed by atoms with Gasteiger partial charge < -0.3 is 14.8 Å². The highest BCUT2D eigenvalue weighted by Gasteiger charge is 2.22. The first-order valence-corrected chi connectivity index (χ1v) is 14.5. The number of amides is 1. The van der Waals surface area contributed by atoms with Gasteiger partial charge in [-0.3, -0.25) is 9.69 Å². The lowest BCUT2D eigenvalue weighted by atomic mass is 10.1. The second kappa shape index (κ2) is 12.1. The minimum absolute atomic E-state index is 0.196. The third-order valence-corrected chi connectivity index (χ3v) is 7.86. The number of carbonyl (C=O) groups is 1. The number of fused-ring (bicyclic) bond motifs is 1. The number of nitrogens with one attached hydrogen (secondary N) is 1. The quantitative estimate of drug-likeness (QED) is 0.241. The van der Waals surface area contributed by atoms with E-state index in [1.165, 1.54) is 11.3 Å². The van der Waals surface area contributed by atoms with E-state index < -0.39 is 0 Å². The number of rotatable bonds is 8. The first-order chi connectivity index (χ1) is 20.0. The van der Waals surface area contributed by atoms with Crippen molar-refractivity contribution in [1.29, 1.82) is 0 Å². The van der Waals surface area contributed by atoms with Gasteiger partial charge in [-0.25, -0.2) is 15.0 Å². The Bertz CT molecular complexity index is 1620. The van der Waals surface area contributed by atoms with E-state index in [-0.39, 0.29) is 23.8 Å². The number of para-hydroxylation sites is 1. The number of hydrogen-bond acceptors (Lipinski definition) is 8. The van der Waals surface area contributed by atoms with Crippen LogP contribution in [0.1, 0.15) is 24.3 Å². The van der Waals surface area contributed by atoms with Crippen LogP contribution in [0.15, 0.2) is 85.1 Å². The van der Waals surface area contributed by atoms with Gasteiger partial charge in [-0.15, -0.1) is 0 Å². The predicted octanol–water partition coefficient (Wildman–Crippen LogP) is 6.16. The molecule has 4 heterocycles. The topological polar surface area (TPSA) is 89.5 Å². The molecule has 1 N–H and O–H groups in total. The van der Waals surface area contributed by atoms with Crippen LogP contribution in [0.25, 0.3) is 32.2 Å². The number of nitrogens with zero attached hydrogens (tertiary/aromatic N) is 4. The zero-order chi connectivity index (χ0) is 28.2. The molecule has 9 heteroatoms. The SMILES string of the molecule is C[C@@H]1CN(CCOc2cc(C(=O)Nc3ccccc3-c3nc4cccnc4s3)nc(-c3ccccc3)c2)C[C@H](C)O1. The highest BCUT2D eigenvalue weighted by Crippen LogP contribution is 2.34. The molecule has 0 radical (unpaired) electrons. The molecule has 0 spiro atoms. The van der Waals surface area contributed by atoms with E-state index in [9.17, 15) is 4.79 Å². The Morgan fingerprint density at radius 2 is 1.78 bits per heavy atom. The molecule has 1 amide bonds. The third kappa shape index (κ3) is 6.43. The minimum Gasteiger partial charge on any atom is -0.492 e. The van der Waals surface area contributed by atoms with Crippen molar-refractivity contribution in [3.05, 3.63) is 90.8 Å². The summed E-state index contributed by atoms with van der Waals surface area (Å²) in [6.07, 6.45) is 2.15. The molecule has 2 atom stereocenters. The molecule has 6 rings (SSSR count). The molecule has 3 aromatic heterocycles. The molecule has 0 aliphatic carbocycles. The first kappa shape index (κ1) is 27.0. The summed E-state index contributed by atoms with van der Waals surface area (Å²) < 4.78 is 12.0. The van der Waals surface area contributed by atoms with E-state index in [0.717, 1.165) is 46.1 Å². The number of pyridine rings is 2. The van der Waals surface area contributed by atoms with Crippen LogP contribution in [0.2, 0.25) is 0 Å². The number of carbonyl (C=O) groups excluding carboxylic acids is 1. The van der Waals surface area contributed by atoms with Gasteiger partial charge in [0.25, 0.3) is 5.91 Å². The van der Waals surface area contributed by atoms with Crippen LogP contribution in [-0.2, 0) is 4.74 Å². The molecular weight excluding hydrogens is 534 g/mol. The molecule has 0 saturated carbocycles. The number of benzene rings is 2. The summed E-state index contributed by atoms with van der Waals surface area (Å²) in [7, 11) is 0. The Morgan fingerprint density at radius 3 is 2.59 bits per heavy atom. The van der Waals surface area contributed by atoms with Crippen molar-refractivity contribution in [2.75, 3.05) is 31.6 Å². The fourth-order valence-corrected chi connectivity index (χ4v) is 6.02. The third-order valence-electron chi connectivity index (χ3n) is 6.84. The molecule has 41 heavy (non-hydrogen) atoms. The van der Waals surface area contributed by atoms with E-state index in [2.05, 4.69) is 29.0 Å². The average molecular weight is 566 g/mol. The molecule has 208 valence electrons. The van der Waals surface area contributed by atoms with Crippen LogP contribution in [0.3, 0.4) is 0 Å². The van der Waals surface area contributed by atoms with Gasteiger partial charge in [0.2, 0.25) is 0 Å². The number of thiazole rings is 1. The van der Waals surface area contributed by atoms with Gasteiger partial charge in [0, 0.05) is 49.1 Å². The second-order valence-corrected chi connectivity index (χ2v) is 11.1. The normalized spacial score (nSPS) is 17.4. The summed E-state index contributed by atoms with van der Waals surface area (Å²) in [4.78, 5) is 30.7. The summed E-state index contributed by atoms with van der Waals surface area (Å²) in [6.45, 7) is 7.19. The Kier molecular flexibility index (Phi) is 8.00. The number of hydrogen-bond donors (Lipinski definition) is 1. The van der Waals surface area contributed by atoms with Gasteiger partial charge >= 0.3 is 0 Å². The smallest absolute Gasteiger partial charge is 0.274 e. The minimum atomic E-state index is -0.324. The summed E-state index contributed by atoms with van der Waals surface area (Å²) >= 11 is 1.49. The molecule has 8 nitrogen and oxygen atoms in total. The molecule has 2 aromatic carbocycles. The first-order valence-electron chi connectivity index (χ1n) is 13.7. The molecule has 0 bridgehead atoms. The van der Waals surface area contributed by atoms with E-state index in [0.29, 0.717) is 23.7 Å². The van der Waals surface area contributed by atoms with Crippen molar-refractivity contribution in [3.63, 3.8) is 0 Å². The zero-order valence-corrected chi connectivity index (χ0v) is 23.8. The van der Waals surface area contributed by atoms with E-state index >= 15 is 0 Å². The van der Waals surface area contributed by atoms with Gasteiger partial charge in [-0.05, 0) is 38.1 Å². The molecule has 1 aliphatic rings. The number of ether oxygens (including phenoxy) is 2. The van der Waals surface area contributed by atoms with Crippen molar-refractivity contribution in [1.82, 2.24) is 19.9 Å². The van der Waals surface area contributed by atoms with Crippen LogP contribution in [0, 0.1) is 0 Å². The van der Waals surface area contributed by atoms with Crippen molar-refractivity contribution in [2.24, 2.45) is 0 Å². The van der Waals surface area contributed by atoms with Crippen LogP contribution < -0.4 is 10.1 Å². The molecule has 0 unspecified atom stereocenters. The molecule has 5 aromatic rings. The number of morpholine rings is 1. The van der Waals surface area contributed by atoms with E-state index in [1.807, 2.05) is 72.8 Å². The lowest BCUT2D eigenvalue weighted by molar-refractivity contribution is -0.0699. The number of aromatic nitrogens is 3. The Morgan fingerprint density at radius 1 is 1.00 bits per heavy atom. The fraction of sp³-hybridized carbons (Fsp3) is 0.250. The Labute approximate surface area is 243 Å². The second-order valence-electron chi connectivity index (χ2n) is 10.2. The van der Waals surface area contributed by atoms with Crippen molar-refractivity contribution < 1.29 is 14.3 Å². The molecule has 1 aliphatic heterocycles. The van der Waals surface area contributed by atoms with Gasteiger partial charge in [0.1, 0.15) is 33.4 Å². The standard InChI is InChI=1S/C32H31N5O3S/c1-21-19-37(20-22(2)40-21)15-16-39-24-17-28(23-9-4-3-5-10-23)34-29(18-24)30(38)35-26-12-7-6-11-25(26)31-36-27-13-8-14-33-32(27)41-31/h3-14,17-18,21-22H,15-16,19-20H2,1-2H3,(H,35,38)/t21-,22+. The maximum Gasteiger partial charge on any atom is 0.274 e. The van der Waals surface area contributed by atoms with Crippen LogP contribution in [-0.4, -0.2) is 64.2 Å². The Balaban J connectivity index is 1.25. The van der Waals surface area contributed by atoms with E-state index in [1.54, 1.807) is 12.3 Å².